The lowest BCUT2D eigenvalue weighted by atomic mass is 9.79. The van der Waals surface area contributed by atoms with Gasteiger partial charge in [-0.1, -0.05) is 43.3 Å². The van der Waals surface area contributed by atoms with Crippen LogP contribution in [0, 0.1) is 0 Å². The van der Waals surface area contributed by atoms with Crippen molar-refractivity contribution in [2.45, 2.75) is 13.6 Å². The third-order valence-corrected chi connectivity index (χ3v) is 3.54. The minimum absolute atomic E-state index is 0. The molecule has 0 atom stereocenters. The normalized spacial score (nSPS) is 10.7. The van der Waals surface area contributed by atoms with Crippen LogP contribution in [0.3, 0.4) is 0 Å². The van der Waals surface area contributed by atoms with E-state index in [1.807, 2.05) is 0 Å². The van der Waals surface area contributed by atoms with Gasteiger partial charge in [0.15, 0.2) is 5.65 Å². The maximum absolute atomic E-state index is 12.1. The van der Waals surface area contributed by atoms with Crippen LogP contribution < -0.4 is 5.46 Å². The van der Waals surface area contributed by atoms with Gasteiger partial charge in [-0.2, -0.15) is 18.3 Å². The summed E-state index contributed by atoms with van der Waals surface area (Å²) in [5, 5.41) is 21.7. The molecule has 0 saturated heterocycles. The van der Waals surface area contributed by atoms with Crippen molar-refractivity contribution in [2.75, 3.05) is 0 Å². The highest BCUT2D eigenvalue weighted by atomic mass is 79.9. The van der Waals surface area contributed by atoms with Gasteiger partial charge in [0.1, 0.15) is 9.76 Å². The number of aromatic nitrogens is 3. The Hall–Kier alpha value is -1.62. The predicted molar refractivity (Wildman–Crippen MR) is 93.7 cm³/mol. The molecule has 0 aliphatic rings. The lowest BCUT2D eigenvalue weighted by Crippen LogP contribution is -2.30. The molecule has 134 valence electrons. The zero-order valence-corrected chi connectivity index (χ0v) is 14.1. The highest BCUT2D eigenvalue weighted by Gasteiger charge is 2.31. The van der Waals surface area contributed by atoms with Crippen LogP contribution in [0.2, 0.25) is 5.15 Å². The quantitative estimate of drug-likeness (QED) is 0.573. The van der Waals surface area contributed by atoms with Crippen molar-refractivity contribution in [1.82, 2.24) is 14.6 Å². The molecule has 25 heavy (non-hydrogen) atoms. The van der Waals surface area contributed by atoms with Crippen LogP contribution in [0.4, 0.5) is 13.2 Å². The summed E-state index contributed by atoms with van der Waals surface area (Å²) in [6, 6.07) is 7.41. The van der Waals surface area contributed by atoms with Gasteiger partial charge in [-0.15, -0.1) is 0 Å². The summed E-state index contributed by atoms with van der Waals surface area (Å²) in [5.41, 5.74) is -0.283. The Labute approximate surface area is 155 Å². The molecule has 5 nitrogen and oxygen atoms in total. The molecule has 0 fully saturated rings. The molecular weight excluding hydrogens is 425 g/mol. The highest BCUT2D eigenvalue weighted by Crippen LogP contribution is 2.28. The Balaban J connectivity index is 0.000000243. The van der Waals surface area contributed by atoms with Crippen molar-refractivity contribution in [2.24, 2.45) is 0 Å². The first kappa shape index (κ1) is 21.4. The zero-order valence-electron chi connectivity index (χ0n) is 11.7. The van der Waals surface area contributed by atoms with E-state index in [0.717, 1.165) is 22.4 Å². The first-order valence-corrected chi connectivity index (χ1v) is 7.54. The molecule has 0 bridgehead atoms. The van der Waals surface area contributed by atoms with Gasteiger partial charge in [0.2, 0.25) is 0 Å². The Morgan fingerprint density at radius 3 is 2.44 bits per heavy atom. The minimum atomic E-state index is -4.45. The second kappa shape index (κ2) is 8.66. The largest absolute Gasteiger partial charge is 0.488 e. The van der Waals surface area contributed by atoms with Crippen LogP contribution in [0.5, 0.6) is 0 Å². The maximum atomic E-state index is 12.1. The molecule has 0 unspecified atom stereocenters. The Bertz CT molecular complexity index is 846. The SMILES string of the molecule is C.Clc1ccc2ncc(Br)n2n1.OB(O)c1cccc(C(F)(F)F)c1. The average molecular weight is 438 g/mol. The van der Waals surface area contributed by atoms with Crippen molar-refractivity contribution in [3.63, 3.8) is 0 Å². The van der Waals surface area contributed by atoms with Crippen molar-refractivity contribution in [3.8, 4) is 0 Å². The monoisotopic (exact) mass is 437 g/mol. The van der Waals surface area contributed by atoms with Crippen LogP contribution in [0.1, 0.15) is 13.0 Å². The number of rotatable bonds is 1. The molecule has 1 aromatic carbocycles. The summed E-state index contributed by atoms with van der Waals surface area (Å²) in [6.45, 7) is 0. The number of halogens is 5. The molecule has 0 radical (unpaired) electrons. The number of nitrogens with zero attached hydrogens (tertiary/aromatic N) is 3. The number of benzene rings is 1. The third kappa shape index (κ3) is 5.70. The minimum Gasteiger partial charge on any atom is -0.423 e. The lowest BCUT2D eigenvalue weighted by Gasteiger charge is -2.07. The van der Waals surface area contributed by atoms with E-state index >= 15 is 0 Å². The molecule has 3 aromatic rings. The van der Waals surface area contributed by atoms with Gasteiger partial charge in [-0.3, -0.25) is 0 Å². The summed E-state index contributed by atoms with van der Waals surface area (Å²) in [5.74, 6) is 0. The average Bonchev–Trinajstić information content (AvgIpc) is 2.88. The molecule has 0 aliphatic heterocycles. The molecule has 2 N–H and O–H groups in total. The summed E-state index contributed by atoms with van der Waals surface area (Å²) >= 11 is 8.95. The van der Waals surface area contributed by atoms with Crippen LogP contribution in [-0.4, -0.2) is 31.8 Å². The number of hydrogen-bond acceptors (Lipinski definition) is 4. The van der Waals surface area contributed by atoms with E-state index in [-0.39, 0.29) is 12.9 Å². The van der Waals surface area contributed by atoms with Gasteiger partial charge in [0.05, 0.1) is 11.8 Å². The van der Waals surface area contributed by atoms with Gasteiger partial charge >= 0.3 is 13.3 Å². The Kier molecular flexibility index (Phi) is 7.42. The van der Waals surface area contributed by atoms with Crippen LogP contribution in [0.25, 0.3) is 5.65 Å². The predicted octanol–water partition coefficient (Wildman–Crippen LogP) is 3.17. The summed E-state index contributed by atoms with van der Waals surface area (Å²) in [4.78, 5) is 4.05. The Morgan fingerprint density at radius 2 is 1.84 bits per heavy atom. The highest BCUT2D eigenvalue weighted by molar-refractivity contribution is 9.10. The fourth-order valence-electron chi connectivity index (χ4n) is 1.70. The van der Waals surface area contributed by atoms with Crippen LogP contribution >= 0.6 is 27.5 Å². The van der Waals surface area contributed by atoms with Gasteiger partial charge in [-0.25, -0.2) is 9.50 Å². The van der Waals surface area contributed by atoms with E-state index in [9.17, 15) is 13.2 Å². The van der Waals surface area contributed by atoms with Gasteiger partial charge < -0.3 is 10.0 Å². The van der Waals surface area contributed by atoms with Gasteiger partial charge in [-0.05, 0) is 33.5 Å². The number of alkyl halides is 3. The van der Waals surface area contributed by atoms with E-state index in [4.69, 9.17) is 21.6 Å². The summed E-state index contributed by atoms with van der Waals surface area (Å²) < 4.78 is 38.6. The standard InChI is InChI=1S/C7H6BF3O2.C6H3BrClN3.CH4/c9-7(10,11)5-2-1-3-6(4-5)8(12)13;7-4-3-9-6-2-1-5(8)10-11(4)6;/h1-4,12-13H;1-3H;1H4. The third-order valence-electron chi connectivity index (χ3n) is 2.80. The molecule has 0 amide bonds. The maximum Gasteiger partial charge on any atom is 0.488 e. The topological polar surface area (TPSA) is 70.7 Å². The first-order valence-electron chi connectivity index (χ1n) is 6.37. The zero-order chi connectivity index (χ0) is 17.9. The molecule has 11 heteroatoms. The summed E-state index contributed by atoms with van der Waals surface area (Å²) in [7, 11) is -1.87. The smallest absolute Gasteiger partial charge is 0.423 e. The number of hydrogen-bond donors (Lipinski definition) is 2. The fourth-order valence-corrected chi connectivity index (χ4v) is 2.20. The molecule has 3 rings (SSSR count). The molecule has 0 saturated carbocycles. The van der Waals surface area contributed by atoms with E-state index in [2.05, 4.69) is 26.0 Å². The van der Waals surface area contributed by atoms with E-state index in [0.29, 0.717) is 11.2 Å². The Morgan fingerprint density at radius 1 is 1.16 bits per heavy atom. The van der Waals surface area contributed by atoms with E-state index < -0.39 is 18.9 Å². The molecule has 0 spiro atoms. The molecular formula is C14H13BBrClF3N3O2. The van der Waals surface area contributed by atoms with Crippen molar-refractivity contribution in [3.05, 3.63) is 57.9 Å². The van der Waals surface area contributed by atoms with Gasteiger partial charge in [0.25, 0.3) is 0 Å². The summed E-state index contributed by atoms with van der Waals surface area (Å²) in [6.07, 6.45) is -2.77. The number of fused-ring (bicyclic) bond motifs is 1. The fraction of sp³-hybridized carbons (Fsp3) is 0.143. The second-order valence-electron chi connectivity index (χ2n) is 4.50. The van der Waals surface area contributed by atoms with E-state index in [1.54, 1.807) is 22.8 Å². The molecule has 2 aromatic heterocycles. The van der Waals surface area contributed by atoms with Crippen LogP contribution in [-0.2, 0) is 6.18 Å². The van der Waals surface area contributed by atoms with E-state index in [1.165, 1.54) is 6.07 Å². The van der Waals surface area contributed by atoms with Crippen molar-refractivity contribution < 1.29 is 23.2 Å². The van der Waals surface area contributed by atoms with Crippen molar-refractivity contribution in [1.29, 1.82) is 0 Å². The number of imidazole rings is 1. The molecule has 2 heterocycles. The first-order chi connectivity index (χ1) is 11.2. The lowest BCUT2D eigenvalue weighted by molar-refractivity contribution is -0.137. The van der Waals surface area contributed by atoms with Crippen LogP contribution in [0.15, 0.2) is 47.2 Å². The van der Waals surface area contributed by atoms with Crippen molar-refractivity contribution >= 4 is 45.8 Å². The second-order valence-corrected chi connectivity index (χ2v) is 5.70. The van der Waals surface area contributed by atoms with Gasteiger partial charge in [0, 0.05) is 0 Å². The molecule has 0 aliphatic carbocycles.